The highest BCUT2D eigenvalue weighted by Gasteiger charge is 2.24. The lowest BCUT2D eigenvalue weighted by Gasteiger charge is -2.33. The first kappa shape index (κ1) is 25.2. The molecule has 8 heteroatoms. The van der Waals surface area contributed by atoms with E-state index in [-0.39, 0.29) is 11.3 Å². The minimum atomic E-state index is -0.243. The van der Waals surface area contributed by atoms with Crippen molar-refractivity contribution in [3.63, 3.8) is 0 Å². The number of carbonyl (C=O) groups excluding carboxylic acids is 1. The van der Waals surface area contributed by atoms with E-state index in [4.69, 9.17) is 14.4 Å². The molecular weight excluding hydrogens is 458 g/mol. The fourth-order valence-corrected chi connectivity index (χ4v) is 4.93. The molecule has 35 heavy (non-hydrogen) atoms. The molecule has 1 fully saturated rings. The smallest absolute Gasteiger partial charge is 0.287 e. The topological polar surface area (TPSA) is 84.2 Å². The number of aromatic nitrogens is 3. The summed E-state index contributed by atoms with van der Waals surface area (Å²) in [6.07, 6.45) is 9.76. The van der Waals surface area contributed by atoms with Crippen LogP contribution in [0.25, 0.3) is 0 Å². The molecule has 7 nitrogen and oxygen atoms in total. The van der Waals surface area contributed by atoms with Gasteiger partial charge in [-0.05, 0) is 36.6 Å². The summed E-state index contributed by atoms with van der Waals surface area (Å²) in [4.78, 5) is 28.6. The summed E-state index contributed by atoms with van der Waals surface area (Å²) >= 11 is 1.53. The van der Waals surface area contributed by atoms with E-state index < -0.39 is 0 Å². The molecule has 0 spiro atoms. The van der Waals surface area contributed by atoms with E-state index in [1.165, 1.54) is 43.9 Å². The van der Waals surface area contributed by atoms with Crippen LogP contribution in [-0.2, 0) is 17.7 Å². The van der Waals surface area contributed by atoms with Gasteiger partial charge in [0, 0.05) is 43.5 Å². The van der Waals surface area contributed by atoms with E-state index >= 15 is 0 Å². The fraction of sp³-hybridized carbons (Fsp3) is 0.481. The molecule has 0 atom stereocenters. The summed E-state index contributed by atoms with van der Waals surface area (Å²) in [5.74, 6) is 2.30. The highest BCUT2D eigenvalue weighted by Crippen LogP contribution is 2.31. The normalized spacial score (nSPS) is 14.6. The summed E-state index contributed by atoms with van der Waals surface area (Å²) < 4.78 is 5.81. The second-order valence-electron chi connectivity index (χ2n) is 10.1. The highest BCUT2D eigenvalue weighted by molar-refractivity contribution is 7.98. The van der Waals surface area contributed by atoms with Crippen molar-refractivity contribution in [1.82, 2.24) is 20.3 Å². The average Bonchev–Trinajstić information content (AvgIpc) is 3.35. The van der Waals surface area contributed by atoms with Gasteiger partial charge in [-0.25, -0.2) is 9.97 Å². The van der Waals surface area contributed by atoms with E-state index in [0.29, 0.717) is 29.9 Å². The molecule has 4 rings (SSSR count). The van der Waals surface area contributed by atoms with Crippen LogP contribution in [-0.4, -0.2) is 33.9 Å². The van der Waals surface area contributed by atoms with Crippen molar-refractivity contribution in [2.75, 3.05) is 11.9 Å². The first-order valence-corrected chi connectivity index (χ1v) is 13.3. The maximum absolute atomic E-state index is 12.5. The monoisotopic (exact) mass is 493 g/mol. The lowest BCUT2D eigenvalue weighted by molar-refractivity contribution is 0.0921. The summed E-state index contributed by atoms with van der Waals surface area (Å²) in [6, 6.07) is 9.98. The zero-order valence-corrected chi connectivity index (χ0v) is 21.9. The summed E-state index contributed by atoms with van der Waals surface area (Å²) in [7, 11) is 2.15. The Hall–Kier alpha value is -2.87. The zero-order valence-electron chi connectivity index (χ0n) is 21.1. The van der Waals surface area contributed by atoms with Crippen molar-refractivity contribution in [3.05, 3.63) is 65.5 Å². The zero-order chi connectivity index (χ0) is 24.8. The molecule has 0 unspecified atom stereocenters. The minimum absolute atomic E-state index is 0.0788. The third-order valence-electron chi connectivity index (χ3n) is 6.35. The van der Waals surface area contributed by atoms with Gasteiger partial charge in [0.2, 0.25) is 0 Å². The molecule has 0 aromatic carbocycles. The van der Waals surface area contributed by atoms with Crippen molar-refractivity contribution in [2.45, 2.75) is 81.8 Å². The van der Waals surface area contributed by atoms with E-state index in [9.17, 15) is 4.79 Å². The van der Waals surface area contributed by atoms with Gasteiger partial charge in [-0.1, -0.05) is 57.9 Å². The molecule has 1 aliphatic rings. The number of hydrogen-bond donors (Lipinski definition) is 1. The minimum Gasteiger partial charge on any atom is -0.455 e. The Morgan fingerprint density at radius 1 is 1.17 bits per heavy atom. The largest absolute Gasteiger partial charge is 0.455 e. The molecule has 1 aliphatic carbocycles. The lowest BCUT2D eigenvalue weighted by atomic mass is 9.91. The molecule has 0 saturated heterocycles. The van der Waals surface area contributed by atoms with E-state index in [1.807, 2.05) is 18.2 Å². The van der Waals surface area contributed by atoms with E-state index in [0.717, 1.165) is 22.2 Å². The summed E-state index contributed by atoms with van der Waals surface area (Å²) in [5, 5.41) is 3.60. The Kier molecular flexibility index (Phi) is 8.11. The van der Waals surface area contributed by atoms with Gasteiger partial charge in [-0.2, -0.15) is 0 Å². The van der Waals surface area contributed by atoms with Crippen LogP contribution >= 0.6 is 11.8 Å². The average molecular weight is 494 g/mol. The summed E-state index contributed by atoms with van der Waals surface area (Å²) in [5.41, 5.74) is 1.89. The number of rotatable bonds is 8. The first-order valence-electron chi connectivity index (χ1n) is 12.3. The number of hydrogen-bond acceptors (Lipinski definition) is 7. The van der Waals surface area contributed by atoms with E-state index in [2.05, 4.69) is 49.1 Å². The predicted molar refractivity (Wildman–Crippen MR) is 140 cm³/mol. The molecule has 0 aliphatic heterocycles. The second kappa shape index (κ2) is 11.2. The standard InChI is InChI=1S/C27H35N5O2S/c1-27(2,3)23-15-24(32(4)20-10-6-5-7-11-20)31-26(30-23)35-18-21-12-13-22(34-21)25(33)29-17-19-9-8-14-28-16-19/h8-9,12-16,20H,5-7,10-11,17-18H2,1-4H3,(H,29,33). The number of nitrogens with zero attached hydrogens (tertiary/aromatic N) is 4. The Morgan fingerprint density at radius 3 is 2.69 bits per heavy atom. The quantitative estimate of drug-likeness (QED) is 0.316. The molecule has 0 radical (unpaired) electrons. The van der Waals surface area contributed by atoms with Crippen LogP contribution in [0.4, 0.5) is 5.82 Å². The van der Waals surface area contributed by atoms with Crippen molar-refractivity contribution >= 4 is 23.5 Å². The first-order chi connectivity index (χ1) is 16.8. The number of furan rings is 1. The van der Waals surface area contributed by atoms with Gasteiger partial charge in [-0.3, -0.25) is 9.78 Å². The van der Waals surface area contributed by atoms with Crippen LogP contribution in [0.5, 0.6) is 0 Å². The Bertz CT molecular complexity index is 1120. The number of thioether (sulfide) groups is 1. The fourth-order valence-electron chi connectivity index (χ4n) is 4.18. The van der Waals surface area contributed by atoms with Crippen LogP contribution in [0.1, 0.15) is 80.4 Å². The van der Waals surface area contributed by atoms with E-state index in [1.54, 1.807) is 18.5 Å². The van der Waals surface area contributed by atoms with Crippen LogP contribution in [0.3, 0.4) is 0 Å². The Balaban J connectivity index is 1.42. The van der Waals surface area contributed by atoms with Gasteiger partial charge in [0.15, 0.2) is 10.9 Å². The second-order valence-corrected chi connectivity index (χ2v) is 11.1. The Labute approximate surface area is 212 Å². The molecule has 3 heterocycles. The van der Waals surface area contributed by atoms with Gasteiger partial charge >= 0.3 is 0 Å². The number of pyridine rings is 1. The predicted octanol–water partition coefficient (Wildman–Crippen LogP) is 5.75. The molecule has 1 N–H and O–H groups in total. The number of anilines is 1. The molecule has 3 aromatic heterocycles. The third-order valence-corrected chi connectivity index (χ3v) is 7.22. The van der Waals surface area contributed by atoms with Gasteiger partial charge in [-0.15, -0.1) is 0 Å². The van der Waals surface area contributed by atoms with Crippen LogP contribution in [0.2, 0.25) is 0 Å². The number of carbonyl (C=O) groups is 1. The van der Waals surface area contributed by atoms with Crippen molar-refractivity contribution in [1.29, 1.82) is 0 Å². The summed E-state index contributed by atoms with van der Waals surface area (Å²) in [6.45, 7) is 6.94. The third kappa shape index (κ3) is 6.84. The molecule has 1 amide bonds. The number of nitrogens with one attached hydrogen (secondary N) is 1. The molecule has 0 bridgehead atoms. The van der Waals surface area contributed by atoms with Gasteiger partial charge in [0.25, 0.3) is 5.91 Å². The van der Waals surface area contributed by atoms with Crippen molar-refractivity contribution in [3.8, 4) is 0 Å². The van der Waals surface area contributed by atoms with Crippen LogP contribution in [0, 0.1) is 0 Å². The number of amides is 1. The lowest BCUT2D eigenvalue weighted by Crippen LogP contribution is -2.34. The maximum Gasteiger partial charge on any atom is 0.287 e. The maximum atomic E-state index is 12.5. The highest BCUT2D eigenvalue weighted by atomic mass is 32.2. The SMILES string of the molecule is CN(c1cc(C(C)(C)C)nc(SCc2ccc(C(=O)NCc3cccnc3)o2)n1)C1CCCCC1. The molecular formula is C27H35N5O2S. The van der Waals surface area contributed by atoms with Gasteiger partial charge < -0.3 is 14.6 Å². The molecule has 186 valence electrons. The van der Waals surface area contributed by atoms with Crippen molar-refractivity contribution in [2.24, 2.45) is 0 Å². The van der Waals surface area contributed by atoms with Crippen LogP contribution < -0.4 is 10.2 Å². The molecule has 1 saturated carbocycles. The Morgan fingerprint density at radius 2 is 1.97 bits per heavy atom. The van der Waals surface area contributed by atoms with Gasteiger partial charge in [0.05, 0.1) is 11.4 Å². The van der Waals surface area contributed by atoms with Crippen LogP contribution in [0.15, 0.2) is 52.3 Å². The van der Waals surface area contributed by atoms with Gasteiger partial charge in [0.1, 0.15) is 11.6 Å². The molecule has 3 aromatic rings. The van der Waals surface area contributed by atoms with Crippen molar-refractivity contribution < 1.29 is 9.21 Å².